The third kappa shape index (κ3) is 1.88. The van der Waals surface area contributed by atoms with Crippen molar-refractivity contribution in [1.82, 2.24) is 9.55 Å². The van der Waals surface area contributed by atoms with Crippen molar-refractivity contribution in [3.8, 4) is 5.69 Å². The molecule has 15 heavy (non-hydrogen) atoms. The molecule has 0 saturated carbocycles. The summed E-state index contributed by atoms with van der Waals surface area (Å²) < 4.78 is 1.89. The molecule has 0 radical (unpaired) electrons. The second-order valence-electron chi connectivity index (χ2n) is 3.33. The Morgan fingerprint density at radius 1 is 1.33 bits per heavy atom. The fourth-order valence-electron chi connectivity index (χ4n) is 1.36. The summed E-state index contributed by atoms with van der Waals surface area (Å²) in [5.74, 6) is -0.414. The second-order valence-corrected chi connectivity index (χ2v) is 3.33. The lowest BCUT2D eigenvalue weighted by Crippen LogP contribution is -2.10. The van der Waals surface area contributed by atoms with Gasteiger partial charge in [-0.15, -0.1) is 0 Å². The molecule has 0 aliphatic rings. The largest absolute Gasteiger partial charge is 0.366 e. The minimum atomic E-state index is -0.414. The van der Waals surface area contributed by atoms with Crippen molar-refractivity contribution >= 4 is 5.91 Å². The summed E-state index contributed by atoms with van der Waals surface area (Å²) in [6, 6.07) is 7.07. The van der Waals surface area contributed by atoms with E-state index in [-0.39, 0.29) is 0 Å². The first-order valence-electron chi connectivity index (χ1n) is 4.57. The number of aromatic nitrogens is 2. The van der Waals surface area contributed by atoms with Crippen molar-refractivity contribution < 1.29 is 4.79 Å². The van der Waals surface area contributed by atoms with Gasteiger partial charge in [-0.25, -0.2) is 4.98 Å². The molecule has 0 spiro atoms. The Morgan fingerprint density at radius 3 is 2.47 bits per heavy atom. The molecule has 0 aliphatic heterocycles. The molecule has 1 aromatic carbocycles. The predicted octanol–water partition coefficient (Wildman–Crippen LogP) is 1.28. The lowest BCUT2D eigenvalue weighted by molar-refractivity contribution is 0.100. The standard InChI is InChI=1S/C11H11N3O/c1-8-6-14(7-13-8)10-4-2-9(3-5-10)11(12)15/h2-7H,1H3,(H2,12,15). The van der Waals surface area contributed by atoms with E-state index in [1.54, 1.807) is 18.5 Å². The highest BCUT2D eigenvalue weighted by Crippen LogP contribution is 2.09. The molecule has 2 aromatic rings. The van der Waals surface area contributed by atoms with Crippen LogP contribution >= 0.6 is 0 Å². The fourth-order valence-corrected chi connectivity index (χ4v) is 1.36. The number of benzene rings is 1. The SMILES string of the molecule is Cc1cn(-c2ccc(C(N)=O)cc2)cn1. The van der Waals surface area contributed by atoms with Gasteiger partial charge >= 0.3 is 0 Å². The molecule has 2 N–H and O–H groups in total. The molecule has 0 fully saturated rings. The minimum Gasteiger partial charge on any atom is -0.366 e. The fraction of sp³-hybridized carbons (Fsp3) is 0.0909. The number of amides is 1. The van der Waals surface area contributed by atoms with Gasteiger partial charge < -0.3 is 10.3 Å². The highest BCUT2D eigenvalue weighted by molar-refractivity contribution is 5.92. The van der Waals surface area contributed by atoms with Gasteiger partial charge in [-0.05, 0) is 31.2 Å². The quantitative estimate of drug-likeness (QED) is 0.795. The summed E-state index contributed by atoms with van der Waals surface area (Å²) in [4.78, 5) is 15.0. The van der Waals surface area contributed by atoms with E-state index in [2.05, 4.69) is 4.98 Å². The molecule has 76 valence electrons. The number of hydrogen-bond donors (Lipinski definition) is 1. The molecule has 2 rings (SSSR count). The third-order valence-corrected chi connectivity index (χ3v) is 2.16. The van der Waals surface area contributed by atoms with Gasteiger partial charge in [-0.2, -0.15) is 0 Å². The third-order valence-electron chi connectivity index (χ3n) is 2.16. The van der Waals surface area contributed by atoms with E-state index in [1.807, 2.05) is 29.8 Å². The number of primary amides is 1. The van der Waals surface area contributed by atoms with Crippen LogP contribution in [0.5, 0.6) is 0 Å². The lowest BCUT2D eigenvalue weighted by Gasteiger charge is -2.02. The highest BCUT2D eigenvalue weighted by Gasteiger charge is 2.01. The molecule has 1 heterocycles. The highest BCUT2D eigenvalue weighted by atomic mass is 16.1. The van der Waals surface area contributed by atoms with E-state index in [4.69, 9.17) is 5.73 Å². The van der Waals surface area contributed by atoms with Gasteiger partial charge in [0.1, 0.15) is 0 Å². The molecule has 0 bridgehead atoms. The summed E-state index contributed by atoms with van der Waals surface area (Å²) in [5, 5.41) is 0. The monoisotopic (exact) mass is 201 g/mol. The molecule has 0 aliphatic carbocycles. The number of hydrogen-bond acceptors (Lipinski definition) is 2. The molecular formula is C11H11N3O. The van der Waals surface area contributed by atoms with E-state index in [1.165, 1.54) is 0 Å². The number of carbonyl (C=O) groups is 1. The Morgan fingerprint density at radius 2 is 2.00 bits per heavy atom. The first-order chi connectivity index (χ1) is 7.16. The summed E-state index contributed by atoms with van der Waals surface area (Å²) in [5.41, 5.74) is 7.57. The van der Waals surface area contributed by atoms with Crippen LogP contribution in [0.2, 0.25) is 0 Å². The van der Waals surface area contributed by atoms with Gasteiger partial charge in [0.2, 0.25) is 5.91 Å². The molecular weight excluding hydrogens is 190 g/mol. The first-order valence-corrected chi connectivity index (χ1v) is 4.57. The molecule has 4 nitrogen and oxygen atoms in total. The van der Waals surface area contributed by atoms with Crippen LogP contribution in [0.3, 0.4) is 0 Å². The van der Waals surface area contributed by atoms with Crippen LogP contribution in [0.15, 0.2) is 36.8 Å². The average molecular weight is 201 g/mol. The zero-order valence-electron chi connectivity index (χ0n) is 8.34. The summed E-state index contributed by atoms with van der Waals surface area (Å²) >= 11 is 0. The average Bonchev–Trinajstić information content (AvgIpc) is 2.65. The Bertz CT molecular complexity index is 485. The zero-order valence-corrected chi connectivity index (χ0v) is 8.34. The van der Waals surface area contributed by atoms with Crippen molar-refractivity contribution in [2.45, 2.75) is 6.92 Å². The number of rotatable bonds is 2. The molecule has 4 heteroatoms. The number of aryl methyl sites for hydroxylation is 1. The minimum absolute atomic E-state index is 0.414. The topological polar surface area (TPSA) is 60.9 Å². The van der Waals surface area contributed by atoms with E-state index in [0.29, 0.717) is 5.56 Å². The van der Waals surface area contributed by atoms with Gasteiger partial charge in [-0.3, -0.25) is 4.79 Å². The number of imidazole rings is 1. The first kappa shape index (κ1) is 9.45. The maximum Gasteiger partial charge on any atom is 0.248 e. The smallest absolute Gasteiger partial charge is 0.248 e. The second kappa shape index (κ2) is 3.57. The van der Waals surface area contributed by atoms with Gasteiger partial charge in [0.05, 0.1) is 12.0 Å². The number of nitrogens with two attached hydrogens (primary N) is 1. The summed E-state index contributed by atoms with van der Waals surface area (Å²) in [6.07, 6.45) is 3.65. The van der Waals surface area contributed by atoms with Crippen LogP contribution < -0.4 is 5.73 Å². The van der Waals surface area contributed by atoms with Gasteiger partial charge in [-0.1, -0.05) is 0 Å². The molecule has 0 unspecified atom stereocenters. The normalized spacial score (nSPS) is 10.2. The summed E-state index contributed by atoms with van der Waals surface area (Å²) in [6.45, 7) is 1.92. The van der Waals surface area contributed by atoms with Gasteiger partial charge in [0, 0.05) is 17.4 Å². The lowest BCUT2D eigenvalue weighted by atomic mass is 10.2. The Kier molecular flexibility index (Phi) is 2.25. The number of nitrogens with zero attached hydrogens (tertiary/aromatic N) is 2. The van der Waals surface area contributed by atoms with E-state index in [9.17, 15) is 4.79 Å². The van der Waals surface area contributed by atoms with Crippen molar-refractivity contribution in [3.05, 3.63) is 48.0 Å². The van der Waals surface area contributed by atoms with Crippen molar-refractivity contribution in [3.63, 3.8) is 0 Å². The zero-order chi connectivity index (χ0) is 10.8. The van der Waals surface area contributed by atoms with Gasteiger partial charge in [0.25, 0.3) is 0 Å². The van der Waals surface area contributed by atoms with Crippen LogP contribution in [0.1, 0.15) is 16.1 Å². The van der Waals surface area contributed by atoms with Gasteiger partial charge in [0.15, 0.2) is 0 Å². The van der Waals surface area contributed by atoms with Crippen LogP contribution in [0.4, 0.5) is 0 Å². The Hall–Kier alpha value is -2.10. The Balaban J connectivity index is 2.35. The van der Waals surface area contributed by atoms with Crippen molar-refractivity contribution in [1.29, 1.82) is 0 Å². The van der Waals surface area contributed by atoms with Crippen molar-refractivity contribution in [2.75, 3.05) is 0 Å². The van der Waals surface area contributed by atoms with E-state index >= 15 is 0 Å². The van der Waals surface area contributed by atoms with Crippen LogP contribution in [0.25, 0.3) is 5.69 Å². The van der Waals surface area contributed by atoms with E-state index in [0.717, 1.165) is 11.4 Å². The van der Waals surface area contributed by atoms with E-state index < -0.39 is 5.91 Å². The molecule has 0 saturated heterocycles. The number of carbonyl (C=O) groups excluding carboxylic acids is 1. The molecule has 0 atom stereocenters. The molecule has 1 amide bonds. The van der Waals surface area contributed by atoms with Crippen molar-refractivity contribution in [2.24, 2.45) is 5.73 Å². The Labute approximate surface area is 87.4 Å². The maximum atomic E-state index is 10.9. The van der Waals surface area contributed by atoms with Crippen LogP contribution in [-0.2, 0) is 0 Å². The van der Waals surface area contributed by atoms with Crippen LogP contribution in [0, 0.1) is 6.92 Å². The maximum absolute atomic E-state index is 10.9. The summed E-state index contributed by atoms with van der Waals surface area (Å²) in [7, 11) is 0. The van der Waals surface area contributed by atoms with Crippen LogP contribution in [-0.4, -0.2) is 15.5 Å². The molecule has 1 aromatic heterocycles. The predicted molar refractivity (Wildman–Crippen MR) is 56.8 cm³/mol.